The predicted octanol–water partition coefficient (Wildman–Crippen LogP) is 1.97. The SMILES string of the molecule is CC1CCC(Nc2c(N)cccc2C(N)=O)C1. The Morgan fingerprint density at radius 1 is 1.41 bits per heavy atom. The Bertz CT molecular complexity index is 431. The van der Waals surface area contributed by atoms with E-state index in [0.717, 1.165) is 18.8 Å². The maximum Gasteiger partial charge on any atom is 0.250 e. The van der Waals surface area contributed by atoms with Crippen molar-refractivity contribution in [1.29, 1.82) is 0 Å². The molecule has 1 aliphatic carbocycles. The van der Waals surface area contributed by atoms with E-state index in [2.05, 4.69) is 12.2 Å². The smallest absolute Gasteiger partial charge is 0.250 e. The average molecular weight is 233 g/mol. The van der Waals surface area contributed by atoms with Gasteiger partial charge in [-0.2, -0.15) is 0 Å². The van der Waals surface area contributed by atoms with Crippen LogP contribution in [-0.2, 0) is 0 Å². The Balaban J connectivity index is 2.22. The Hall–Kier alpha value is -1.71. The summed E-state index contributed by atoms with van der Waals surface area (Å²) >= 11 is 0. The summed E-state index contributed by atoms with van der Waals surface area (Å²) in [5, 5.41) is 3.36. The number of nitrogen functional groups attached to an aromatic ring is 1. The summed E-state index contributed by atoms with van der Waals surface area (Å²) in [5.74, 6) is 0.292. The Morgan fingerprint density at radius 3 is 2.76 bits per heavy atom. The number of rotatable bonds is 3. The highest BCUT2D eigenvalue weighted by Gasteiger charge is 2.23. The number of anilines is 2. The molecule has 0 saturated heterocycles. The van der Waals surface area contributed by atoms with Crippen LogP contribution < -0.4 is 16.8 Å². The molecule has 0 spiro atoms. The molecule has 2 atom stereocenters. The molecule has 1 saturated carbocycles. The van der Waals surface area contributed by atoms with Crippen molar-refractivity contribution in [2.45, 2.75) is 32.2 Å². The van der Waals surface area contributed by atoms with E-state index in [0.29, 0.717) is 23.0 Å². The number of primary amides is 1. The molecule has 4 heteroatoms. The summed E-state index contributed by atoms with van der Waals surface area (Å²) in [6, 6.07) is 5.64. The van der Waals surface area contributed by atoms with Crippen molar-refractivity contribution in [3.63, 3.8) is 0 Å². The number of carbonyl (C=O) groups excluding carboxylic acids is 1. The fourth-order valence-corrected chi connectivity index (χ4v) is 2.48. The van der Waals surface area contributed by atoms with Gasteiger partial charge in [0.2, 0.25) is 0 Å². The van der Waals surface area contributed by atoms with Crippen molar-refractivity contribution in [3.05, 3.63) is 23.8 Å². The second kappa shape index (κ2) is 4.65. The van der Waals surface area contributed by atoms with E-state index in [4.69, 9.17) is 11.5 Å². The number of benzene rings is 1. The number of hydrogen-bond donors (Lipinski definition) is 3. The number of carbonyl (C=O) groups is 1. The van der Waals surface area contributed by atoms with Gasteiger partial charge in [-0.1, -0.05) is 13.0 Å². The molecule has 2 rings (SSSR count). The minimum absolute atomic E-state index is 0.396. The van der Waals surface area contributed by atoms with Crippen LogP contribution in [0.15, 0.2) is 18.2 Å². The first-order chi connectivity index (χ1) is 8.08. The second-order valence-electron chi connectivity index (χ2n) is 4.89. The van der Waals surface area contributed by atoms with Gasteiger partial charge in [-0.25, -0.2) is 0 Å². The van der Waals surface area contributed by atoms with Crippen molar-refractivity contribution in [1.82, 2.24) is 0 Å². The molecule has 0 aromatic heterocycles. The minimum atomic E-state index is -0.439. The molecule has 0 bridgehead atoms. The van der Waals surface area contributed by atoms with Crippen LogP contribution in [0.2, 0.25) is 0 Å². The third-order valence-electron chi connectivity index (χ3n) is 3.41. The van der Waals surface area contributed by atoms with Crippen molar-refractivity contribution in [3.8, 4) is 0 Å². The van der Waals surface area contributed by atoms with Gasteiger partial charge in [0, 0.05) is 6.04 Å². The van der Waals surface area contributed by atoms with E-state index in [1.807, 2.05) is 0 Å². The maximum absolute atomic E-state index is 11.3. The number of hydrogen-bond acceptors (Lipinski definition) is 3. The lowest BCUT2D eigenvalue weighted by Crippen LogP contribution is -2.21. The molecule has 1 aromatic rings. The molecule has 4 nitrogen and oxygen atoms in total. The van der Waals surface area contributed by atoms with E-state index in [-0.39, 0.29) is 0 Å². The number of para-hydroxylation sites is 1. The Kier molecular flexibility index (Phi) is 3.22. The lowest BCUT2D eigenvalue weighted by atomic mass is 10.1. The molecular weight excluding hydrogens is 214 g/mol. The highest BCUT2D eigenvalue weighted by Crippen LogP contribution is 2.31. The zero-order valence-electron chi connectivity index (χ0n) is 10.1. The summed E-state index contributed by atoms with van der Waals surface area (Å²) in [7, 11) is 0. The largest absolute Gasteiger partial charge is 0.397 e. The highest BCUT2D eigenvalue weighted by molar-refractivity contribution is 6.01. The molecule has 0 aliphatic heterocycles. The molecule has 1 aromatic carbocycles. The molecule has 0 radical (unpaired) electrons. The molecule has 17 heavy (non-hydrogen) atoms. The van der Waals surface area contributed by atoms with E-state index < -0.39 is 5.91 Å². The summed E-state index contributed by atoms with van der Waals surface area (Å²) in [4.78, 5) is 11.3. The molecule has 0 heterocycles. The van der Waals surface area contributed by atoms with Gasteiger partial charge in [-0.15, -0.1) is 0 Å². The fourth-order valence-electron chi connectivity index (χ4n) is 2.48. The summed E-state index contributed by atoms with van der Waals surface area (Å²) in [5.41, 5.74) is 13.0. The number of nitrogens with two attached hydrogens (primary N) is 2. The topological polar surface area (TPSA) is 81.1 Å². The van der Waals surface area contributed by atoms with Gasteiger partial charge in [0.05, 0.1) is 16.9 Å². The zero-order valence-corrected chi connectivity index (χ0v) is 10.1. The summed E-state index contributed by atoms with van der Waals surface area (Å²) < 4.78 is 0. The third-order valence-corrected chi connectivity index (χ3v) is 3.41. The van der Waals surface area contributed by atoms with Gasteiger partial charge in [0.25, 0.3) is 5.91 Å². The van der Waals surface area contributed by atoms with Crippen molar-refractivity contribution < 1.29 is 4.79 Å². The van der Waals surface area contributed by atoms with Crippen LogP contribution in [0.5, 0.6) is 0 Å². The van der Waals surface area contributed by atoms with Gasteiger partial charge in [0.1, 0.15) is 0 Å². The zero-order chi connectivity index (χ0) is 12.4. The van der Waals surface area contributed by atoms with Gasteiger partial charge in [-0.05, 0) is 37.3 Å². The quantitative estimate of drug-likeness (QED) is 0.698. The van der Waals surface area contributed by atoms with Crippen LogP contribution in [0.1, 0.15) is 36.5 Å². The monoisotopic (exact) mass is 233 g/mol. The van der Waals surface area contributed by atoms with Crippen LogP contribution >= 0.6 is 0 Å². The summed E-state index contributed by atoms with van der Waals surface area (Å²) in [6.07, 6.45) is 3.45. The maximum atomic E-state index is 11.3. The van der Waals surface area contributed by atoms with Crippen molar-refractivity contribution in [2.24, 2.45) is 11.7 Å². The van der Waals surface area contributed by atoms with Gasteiger partial charge < -0.3 is 16.8 Å². The minimum Gasteiger partial charge on any atom is -0.397 e. The fraction of sp³-hybridized carbons (Fsp3) is 0.462. The Labute approximate surface area is 101 Å². The number of amides is 1. The molecule has 2 unspecified atom stereocenters. The first-order valence-corrected chi connectivity index (χ1v) is 6.02. The molecule has 1 fully saturated rings. The second-order valence-corrected chi connectivity index (χ2v) is 4.89. The molecule has 5 N–H and O–H groups in total. The van der Waals surface area contributed by atoms with Gasteiger partial charge in [-0.3, -0.25) is 4.79 Å². The molecule has 1 aliphatic rings. The standard InChI is InChI=1S/C13H19N3O/c1-8-5-6-9(7-8)16-12-10(13(15)17)3-2-4-11(12)14/h2-4,8-9,16H,5-7,14H2,1H3,(H2,15,17). The van der Waals surface area contributed by atoms with Crippen LogP contribution in [-0.4, -0.2) is 11.9 Å². The average Bonchev–Trinajstić information content (AvgIpc) is 2.67. The highest BCUT2D eigenvalue weighted by atomic mass is 16.1. The third kappa shape index (κ3) is 2.52. The van der Waals surface area contributed by atoms with E-state index in [1.165, 1.54) is 6.42 Å². The van der Waals surface area contributed by atoms with Crippen LogP contribution in [0.3, 0.4) is 0 Å². The summed E-state index contributed by atoms with van der Waals surface area (Å²) in [6.45, 7) is 2.24. The predicted molar refractivity (Wildman–Crippen MR) is 69.8 cm³/mol. The molecule has 92 valence electrons. The van der Waals surface area contributed by atoms with Gasteiger partial charge >= 0.3 is 0 Å². The number of nitrogens with one attached hydrogen (secondary N) is 1. The van der Waals surface area contributed by atoms with Crippen molar-refractivity contribution >= 4 is 17.3 Å². The normalized spacial score (nSPS) is 23.6. The lowest BCUT2D eigenvalue weighted by molar-refractivity contribution is 0.100. The van der Waals surface area contributed by atoms with Crippen molar-refractivity contribution in [2.75, 3.05) is 11.1 Å². The molecule has 1 amide bonds. The van der Waals surface area contributed by atoms with Crippen LogP contribution in [0.25, 0.3) is 0 Å². The van der Waals surface area contributed by atoms with Crippen LogP contribution in [0.4, 0.5) is 11.4 Å². The van der Waals surface area contributed by atoms with E-state index >= 15 is 0 Å². The van der Waals surface area contributed by atoms with E-state index in [9.17, 15) is 4.79 Å². The lowest BCUT2D eigenvalue weighted by Gasteiger charge is -2.18. The van der Waals surface area contributed by atoms with Gasteiger partial charge in [0.15, 0.2) is 0 Å². The first kappa shape index (κ1) is 11.8. The first-order valence-electron chi connectivity index (χ1n) is 6.02. The molecular formula is C13H19N3O. The van der Waals surface area contributed by atoms with Crippen LogP contribution in [0, 0.1) is 5.92 Å². The Morgan fingerprint density at radius 2 is 2.18 bits per heavy atom. The van der Waals surface area contributed by atoms with E-state index in [1.54, 1.807) is 18.2 Å².